The lowest BCUT2D eigenvalue weighted by Crippen LogP contribution is -2.08. The van der Waals surface area contributed by atoms with Gasteiger partial charge in [-0.25, -0.2) is 4.79 Å². The minimum Gasteiger partial charge on any atom is -0.504 e. The lowest BCUT2D eigenvalue weighted by molar-refractivity contribution is 0.174. The normalized spacial score (nSPS) is 12.8. The van der Waals surface area contributed by atoms with E-state index in [1.165, 1.54) is 13.4 Å². The van der Waals surface area contributed by atoms with Crippen molar-refractivity contribution in [3.05, 3.63) is 24.0 Å². The molecule has 6 heteroatoms. The summed E-state index contributed by atoms with van der Waals surface area (Å²) in [5, 5.41) is 11.0. The number of hydrogen-bond acceptors (Lipinski definition) is 4. The van der Waals surface area contributed by atoms with Crippen molar-refractivity contribution in [2.75, 3.05) is 19.2 Å². The van der Waals surface area contributed by atoms with Gasteiger partial charge < -0.3 is 19.3 Å². The fraction of sp³-hybridized carbons (Fsp3) is 0.182. The van der Waals surface area contributed by atoms with Gasteiger partial charge >= 0.3 is 6.09 Å². The highest BCUT2D eigenvalue weighted by Gasteiger charge is 2.19. The smallest absolute Gasteiger partial charge is 0.409 e. The number of ether oxygens (including phenoxy) is 3. The minimum atomic E-state index is -1.16. The summed E-state index contributed by atoms with van der Waals surface area (Å²) in [6.07, 6.45) is 2.02. The molecule has 0 radical (unpaired) electrons. The zero-order chi connectivity index (χ0) is 12.3. The molecule has 0 bridgehead atoms. The second-order valence-corrected chi connectivity index (χ2v) is 3.27. The van der Waals surface area contributed by atoms with Crippen LogP contribution in [0.15, 0.2) is 18.4 Å². The van der Waals surface area contributed by atoms with Crippen molar-refractivity contribution >= 4 is 17.9 Å². The van der Waals surface area contributed by atoms with Gasteiger partial charge in [-0.1, -0.05) is 0 Å². The Morgan fingerprint density at radius 1 is 1.53 bits per heavy atom. The third-order valence-electron chi connectivity index (χ3n) is 2.13. The third kappa shape index (κ3) is 2.41. The van der Waals surface area contributed by atoms with Crippen LogP contribution in [0.1, 0.15) is 5.56 Å². The average molecular weight is 237 g/mol. The van der Waals surface area contributed by atoms with E-state index < -0.39 is 6.09 Å². The Bertz CT molecular complexity index is 469. The third-order valence-corrected chi connectivity index (χ3v) is 2.13. The quantitative estimate of drug-likeness (QED) is 0.787. The molecule has 0 saturated heterocycles. The Morgan fingerprint density at radius 2 is 2.35 bits per heavy atom. The number of rotatable bonds is 3. The van der Waals surface area contributed by atoms with Crippen LogP contribution in [-0.2, 0) is 4.74 Å². The van der Waals surface area contributed by atoms with Crippen molar-refractivity contribution in [2.24, 2.45) is 0 Å². The Labute approximate surface area is 97.4 Å². The molecule has 1 aromatic rings. The Morgan fingerprint density at radius 3 is 3.06 bits per heavy atom. The molecule has 17 heavy (non-hydrogen) atoms. The molecule has 0 saturated carbocycles. The molecule has 2 N–H and O–H groups in total. The lowest BCUT2D eigenvalue weighted by Gasteiger charge is -2.06. The van der Waals surface area contributed by atoms with E-state index in [0.717, 1.165) is 5.56 Å². The van der Waals surface area contributed by atoms with Gasteiger partial charge in [-0.2, -0.15) is 0 Å². The van der Waals surface area contributed by atoms with Crippen LogP contribution in [0.2, 0.25) is 0 Å². The second kappa shape index (κ2) is 4.65. The van der Waals surface area contributed by atoms with E-state index in [-0.39, 0.29) is 6.79 Å². The molecule has 0 spiro atoms. The molecule has 2 rings (SSSR count). The number of hydrogen-bond donors (Lipinski definition) is 2. The van der Waals surface area contributed by atoms with Crippen molar-refractivity contribution in [3.8, 4) is 11.5 Å². The molecule has 0 aromatic heterocycles. The van der Waals surface area contributed by atoms with Gasteiger partial charge in [0.25, 0.3) is 0 Å². The van der Waals surface area contributed by atoms with E-state index >= 15 is 0 Å². The predicted octanol–water partition coefficient (Wildman–Crippen LogP) is 2.12. The molecule has 6 nitrogen and oxygen atoms in total. The Balaban J connectivity index is 2.38. The average Bonchev–Trinajstić information content (AvgIpc) is 2.73. The molecule has 1 aliphatic heterocycles. The highest BCUT2D eigenvalue weighted by molar-refractivity contribution is 5.87. The summed E-state index contributed by atoms with van der Waals surface area (Å²) in [5.74, 6) is 0.911. The van der Waals surface area contributed by atoms with Gasteiger partial charge in [0.2, 0.25) is 6.79 Å². The van der Waals surface area contributed by atoms with Gasteiger partial charge in [0.15, 0.2) is 11.5 Å². The number of carbonyl (C=O) groups is 1. The van der Waals surface area contributed by atoms with Crippen LogP contribution in [-0.4, -0.2) is 25.1 Å². The first kappa shape index (κ1) is 11.1. The van der Waals surface area contributed by atoms with Crippen LogP contribution in [0.3, 0.4) is 0 Å². The predicted molar refractivity (Wildman–Crippen MR) is 60.3 cm³/mol. The number of benzene rings is 1. The molecule has 1 aromatic carbocycles. The number of nitrogens with one attached hydrogen (secondary N) is 1. The van der Waals surface area contributed by atoms with E-state index in [9.17, 15) is 4.79 Å². The first-order valence-corrected chi connectivity index (χ1v) is 4.83. The zero-order valence-corrected chi connectivity index (χ0v) is 9.10. The highest BCUT2D eigenvalue weighted by Crippen LogP contribution is 2.40. The van der Waals surface area contributed by atoms with E-state index in [4.69, 9.17) is 19.3 Å². The number of amides is 1. The second-order valence-electron chi connectivity index (χ2n) is 3.27. The Hall–Kier alpha value is -2.37. The first-order valence-electron chi connectivity index (χ1n) is 4.83. The molecule has 1 heterocycles. The van der Waals surface area contributed by atoms with Gasteiger partial charge in [-0.3, -0.25) is 5.32 Å². The highest BCUT2D eigenvalue weighted by atomic mass is 16.7. The maximum atomic E-state index is 10.6. The number of fused-ring (bicyclic) bond motifs is 1. The van der Waals surface area contributed by atoms with E-state index in [1.807, 2.05) is 0 Å². The summed E-state index contributed by atoms with van der Waals surface area (Å²) in [5.41, 5.74) is 1.10. The Kier molecular flexibility index (Phi) is 3.04. The summed E-state index contributed by atoms with van der Waals surface area (Å²) >= 11 is 0. The molecule has 1 amide bonds. The topological polar surface area (TPSA) is 77.0 Å². The van der Waals surface area contributed by atoms with Crippen LogP contribution in [0.4, 0.5) is 10.5 Å². The van der Waals surface area contributed by atoms with Crippen LogP contribution in [0.25, 0.3) is 6.08 Å². The molecule has 1 aliphatic rings. The summed E-state index contributed by atoms with van der Waals surface area (Å²) < 4.78 is 15.2. The fourth-order valence-electron chi connectivity index (χ4n) is 1.48. The maximum absolute atomic E-state index is 10.6. The summed E-state index contributed by atoms with van der Waals surface area (Å²) in [6.45, 7) is 0.0844. The number of anilines is 1. The van der Waals surface area contributed by atoms with Crippen molar-refractivity contribution in [1.29, 1.82) is 0 Å². The van der Waals surface area contributed by atoms with Crippen molar-refractivity contribution in [1.82, 2.24) is 0 Å². The molecule has 0 fully saturated rings. The number of carboxylic acid groups (broad SMARTS) is 1. The largest absolute Gasteiger partial charge is 0.504 e. The van der Waals surface area contributed by atoms with Gasteiger partial charge in [0, 0.05) is 0 Å². The van der Waals surface area contributed by atoms with Crippen molar-refractivity contribution < 1.29 is 24.1 Å². The van der Waals surface area contributed by atoms with Crippen molar-refractivity contribution in [2.45, 2.75) is 0 Å². The molecule has 90 valence electrons. The molecular weight excluding hydrogens is 226 g/mol. The van der Waals surface area contributed by atoms with Crippen LogP contribution in [0.5, 0.6) is 11.5 Å². The van der Waals surface area contributed by atoms with Gasteiger partial charge in [-0.15, -0.1) is 0 Å². The standard InChI is InChI=1S/C11H11NO5/c1-15-3-2-7-4-8(12-11(13)14)10-9(5-7)16-6-17-10/h2-5,12H,6H2,1H3,(H,13,14)/b3-2+. The van der Waals surface area contributed by atoms with Gasteiger partial charge in [-0.05, 0) is 23.8 Å². The van der Waals surface area contributed by atoms with Gasteiger partial charge in [0.05, 0.1) is 19.1 Å². The van der Waals surface area contributed by atoms with E-state index in [0.29, 0.717) is 17.2 Å². The monoisotopic (exact) mass is 237 g/mol. The zero-order valence-electron chi connectivity index (χ0n) is 9.10. The minimum absolute atomic E-state index is 0.0844. The van der Waals surface area contributed by atoms with E-state index in [1.54, 1.807) is 18.2 Å². The summed E-state index contributed by atoms with van der Waals surface area (Å²) in [4.78, 5) is 10.6. The molecule has 0 aliphatic carbocycles. The summed E-state index contributed by atoms with van der Waals surface area (Å²) in [7, 11) is 1.53. The molecule has 0 unspecified atom stereocenters. The number of methoxy groups -OCH3 is 1. The van der Waals surface area contributed by atoms with Crippen molar-refractivity contribution in [3.63, 3.8) is 0 Å². The molecular formula is C11H11NO5. The van der Waals surface area contributed by atoms with Gasteiger partial charge in [0.1, 0.15) is 0 Å². The van der Waals surface area contributed by atoms with Crippen LogP contribution < -0.4 is 14.8 Å². The van der Waals surface area contributed by atoms with Crippen LogP contribution in [0, 0.1) is 0 Å². The maximum Gasteiger partial charge on any atom is 0.409 e. The van der Waals surface area contributed by atoms with Crippen LogP contribution >= 0.6 is 0 Å². The lowest BCUT2D eigenvalue weighted by atomic mass is 10.1. The first-order chi connectivity index (χ1) is 8.20. The SMILES string of the molecule is CO/C=C/c1cc(NC(=O)O)c2c(c1)OCO2. The molecule has 0 atom stereocenters. The summed E-state index contributed by atoms with van der Waals surface area (Å²) in [6, 6.07) is 3.38. The van der Waals surface area contributed by atoms with E-state index in [2.05, 4.69) is 5.32 Å². The fourth-order valence-corrected chi connectivity index (χ4v) is 1.48.